The highest BCUT2D eigenvalue weighted by molar-refractivity contribution is 7.13. The maximum absolute atomic E-state index is 13.3. The van der Waals surface area contributed by atoms with Gasteiger partial charge in [-0.2, -0.15) is 0 Å². The summed E-state index contributed by atoms with van der Waals surface area (Å²) in [5.74, 6) is -0.151. The number of thiazole rings is 1. The fourth-order valence-electron chi connectivity index (χ4n) is 4.06. The van der Waals surface area contributed by atoms with Crippen molar-refractivity contribution >= 4 is 34.6 Å². The van der Waals surface area contributed by atoms with Crippen LogP contribution in [0.3, 0.4) is 0 Å². The molecule has 3 aromatic rings. The van der Waals surface area contributed by atoms with E-state index in [0.717, 1.165) is 34.7 Å². The Morgan fingerprint density at radius 3 is 2.82 bits per heavy atom. The Labute approximate surface area is 171 Å². The molecule has 1 fully saturated rings. The Kier molecular flexibility index (Phi) is 4.10. The molecule has 1 spiro atoms. The van der Waals surface area contributed by atoms with Crippen molar-refractivity contribution in [3.63, 3.8) is 0 Å². The maximum Gasteiger partial charge on any atom is 0.325 e. The van der Waals surface area contributed by atoms with Crippen molar-refractivity contribution in [2.45, 2.75) is 38.3 Å². The number of urea groups is 1. The zero-order chi connectivity index (χ0) is 19.3. The number of thiophene rings is 1. The summed E-state index contributed by atoms with van der Waals surface area (Å²) in [7, 11) is 0. The molecule has 2 aromatic heterocycles. The highest BCUT2D eigenvalue weighted by Crippen LogP contribution is 2.42. The molecule has 2 aliphatic rings. The van der Waals surface area contributed by atoms with Gasteiger partial charge in [-0.05, 0) is 37.6 Å². The highest BCUT2D eigenvalue weighted by Gasteiger charge is 2.54. The van der Waals surface area contributed by atoms with Crippen LogP contribution in [0.5, 0.6) is 0 Å². The van der Waals surface area contributed by atoms with E-state index < -0.39 is 5.54 Å². The molecule has 1 N–H and O–H groups in total. The van der Waals surface area contributed by atoms with Gasteiger partial charge in [0.1, 0.15) is 10.5 Å². The number of imide groups is 1. The minimum atomic E-state index is -0.888. The van der Waals surface area contributed by atoms with E-state index in [0.29, 0.717) is 6.42 Å². The zero-order valence-corrected chi connectivity index (χ0v) is 17.0. The predicted octanol–water partition coefficient (Wildman–Crippen LogP) is 4.46. The number of carbonyl (C=O) groups is 2. The Hall–Kier alpha value is -2.51. The van der Waals surface area contributed by atoms with Crippen molar-refractivity contribution in [2.24, 2.45) is 0 Å². The molecular formula is C21H19N3O2S2. The van der Waals surface area contributed by atoms with E-state index in [2.05, 4.69) is 29.4 Å². The van der Waals surface area contributed by atoms with Crippen molar-refractivity contribution in [3.05, 3.63) is 62.8 Å². The lowest BCUT2D eigenvalue weighted by Gasteiger charge is -2.31. The minimum absolute atomic E-state index is 0.151. The average molecular weight is 410 g/mol. The number of benzene rings is 1. The first-order chi connectivity index (χ1) is 13.6. The fraction of sp³-hybridized carbons (Fsp3) is 0.286. The van der Waals surface area contributed by atoms with Gasteiger partial charge in [0.25, 0.3) is 5.91 Å². The van der Waals surface area contributed by atoms with Crippen LogP contribution in [0, 0.1) is 6.92 Å². The zero-order valence-electron chi connectivity index (χ0n) is 15.4. The molecule has 1 aliphatic carbocycles. The highest BCUT2D eigenvalue weighted by atomic mass is 32.1. The van der Waals surface area contributed by atoms with Crippen LogP contribution in [0.25, 0.3) is 10.6 Å². The molecule has 0 radical (unpaired) electrons. The summed E-state index contributed by atoms with van der Waals surface area (Å²) in [5, 5.41) is 7.83. The largest absolute Gasteiger partial charge is 0.325 e. The molecule has 7 heteroatoms. The minimum Gasteiger partial charge on any atom is -0.319 e. The predicted molar refractivity (Wildman–Crippen MR) is 110 cm³/mol. The summed E-state index contributed by atoms with van der Waals surface area (Å²) in [6.07, 6.45) is 2.54. The molecule has 142 valence electrons. The molecular weight excluding hydrogens is 390 g/mol. The molecule has 1 aromatic carbocycles. The summed E-state index contributed by atoms with van der Waals surface area (Å²) >= 11 is 3.20. The Morgan fingerprint density at radius 2 is 2.00 bits per heavy atom. The van der Waals surface area contributed by atoms with Crippen molar-refractivity contribution in [2.75, 3.05) is 0 Å². The third kappa shape index (κ3) is 2.69. The summed E-state index contributed by atoms with van der Waals surface area (Å²) in [4.78, 5) is 33.2. The second-order valence-corrected chi connectivity index (χ2v) is 9.21. The van der Waals surface area contributed by atoms with Crippen LogP contribution in [-0.2, 0) is 23.3 Å². The van der Waals surface area contributed by atoms with Gasteiger partial charge in [-0.25, -0.2) is 9.78 Å². The van der Waals surface area contributed by atoms with Crippen LogP contribution in [-0.4, -0.2) is 21.8 Å². The van der Waals surface area contributed by atoms with Crippen molar-refractivity contribution in [1.29, 1.82) is 0 Å². The normalized spacial score (nSPS) is 21.2. The van der Waals surface area contributed by atoms with E-state index in [9.17, 15) is 9.59 Å². The van der Waals surface area contributed by atoms with Crippen molar-refractivity contribution in [3.8, 4) is 10.6 Å². The molecule has 28 heavy (non-hydrogen) atoms. The number of nitrogens with zero attached hydrogens (tertiary/aromatic N) is 2. The number of aromatic nitrogens is 1. The maximum atomic E-state index is 13.3. The molecule has 5 rings (SSSR count). The molecule has 5 nitrogen and oxygen atoms in total. The average Bonchev–Trinajstić information content (AvgIpc) is 3.40. The van der Waals surface area contributed by atoms with Crippen molar-refractivity contribution < 1.29 is 9.59 Å². The lowest BCUT2D eigenvalue weighted by Crippen LogP contribution is -2.46. The summed E-state index contributed by atoms with van der Waals surface area (Å²) in [6.45, 7) is 2.25. The molecule has 1 saturated heterocycles. The van der Waals surface area contributed by atoms with E-state index in [-0.39, 0.29) is 18.5 Å². The Morgan fingerprint density at radius 1 is 1.18 bits per heavy atom. The van der Waals surface area contributed by atoms with Crippen LogP contribution in [0.1, 0.15) is 34.5 Å². The van der Waals surface area contributed by atoms with E-state index in [4.69, 9.17) is 0 Å². The van der Waals surface area contributed by atoms with Crippen LogP contribution in [0.15, 0.2) is 41.1 Å². The molecule has 0 saturated carbocycles. The second kappa shape index (κ2) is 6.53. The monoisotopic (exact) mass is 409 g/mol. The third-order valence-corrected chi connectivity index (χ3v) is 7.43. The third-order valence-electron chi connectivity index (χ3n) is 5.51. The van der Waals surface area contributed by atoms with Gasteiger partial charge in [-0.3, -0.25) is 9.69 Å². The number of hydrogen-bond donors (Lipinski definition) is 1. The molecule has 1 aliphatic heterocycles. The SMILES string of the molecule is Cc1ccc(-c2nc(CN3C(=O)NC4(CCCc5sccc54)C3=O)cs2)cc1. The first-order valence-corrected chi connectivity index (χ1v) is 11.1. The summed E-state index contributed by atoms with van der Waals surface area (Å²) < 4.78 is 0. The fourth-order valence-corrected chi connectivity index (χ4v) is 5.87. The smallest absolute Gasteiger partial charge is 0.319 e. The van der Waals surface area contributed by atoms with Gasteiger partial charge in [-0.1, -0.05) is 29.8 Å². The number of fused-ring (bicyclic) bond motifs is 2. The van der Waals surface area contributed by atoms with Crippen LogP contribution >= 0.6 is 22.7 Å². The topological polar surface area (TPSA) is 62.3 Å². The lowest BCUT2D eigenvalue weighted by atomic mass is 9.80. The van der Waals surface area contributed by atoms with Gasteiger partial charge in [0, 0.05) is 21.4 Å². The standard InChI is InChI=1S/C21H19N3O2S2/c1-13-4-6-14(7-5-13)18-22-15(12-28-18)11-24-19(25)21(23-20(24)26)9-2-3-17-16(21)8-10-27-17/h4-8,10,12H,2-3,9,11H2,1H3,(H,23,26). The number of hydrogen-bond acceptors (Lipinski definition) is 5. The van der Waals surface area contributed by atoms with Gasteiger partial charge >= 0.3 is 6.03 Å². The number of carbonyl (C=O) groups excluding carboxylic acids is 2. The second-order valence-electron chi connectivity index (χ2n) is 7.35. The number of nitrogens with one attached hydrogen (secondary N) is 1. The van der Waals surface area contributed by atoms with Gasteiger partial charge in [0.15, 0.2) is 0 Å². The quantitative estimate of drug-likeness (QED) is 0.650. The first-order valence-electron chi connectivity index (χ1n) is 9.29. The van der Waals surface area contributed by atoms with E-state index in [1.165, 1.54) is 26.7 Å². The first kappa shape index (κ1) is 17.6. The van der Waals surface area contributed by atoms with Crippen LogP contribution in [0.4, 0.5) is 4.79 Å². The summed E-state index contributed by atoms with van der Waals surface area (Å²) in [6, 6.07) is 9.85. The van der Waals surface area contributed by atoms with Crippen LogP contribution in [0.2, 0.25) is 0 Å². The summed E-state index contributed by atoms with van der Waals surface area (Å²) in [5.41, 5.74) is 3.07. The lowest BCUT2D eigenvalue weighted by molar-refractivity contribution is -0.132. The molecule has 1 atom stereocenters. The molecule has 1 unspecified atom stereocenters. The van der Waals surface area contributed by atoms with Gasteiger partial charge in [-0.15, -0.1) is 22.7 Å². The Bertz CT molecular complexity index is 1070. The number of rotatable bonds is 3. The van der Waals surface area contributed by atoms with Crippen molar-refractivity contribution in [1.82, 2.24) is 15.2 Å². The number of aryl methyl sites for hydroxylation is 2. The Balaban J connectivity index is 1.41. The number of amides is 3. The van der Waals surface area contributed by atoms with E-state index in [1.54, 1.807) is 11.3 Å². The van der Waals surface area contributed by atoms with E-state index in [1.807, 2.05) is 29.0 Å². The van der Waals surface area contributed by atoms with Gasteiger partial charge in [0.05, 0.1) is 12.2 Å². The molecule has 3 amide bonds. The van der Waals surface area contributed by atoms with Crippen LogP contribution < -0.4 is 5.32 Å². The molecule has 3 heterocycles. The molecule has 0 bridgehead atoms. The van der Waals surface area contributed by atoms with Gasteiger partial charge in [0.2, 0.25) is 0 Å². The van der Waals surface area contributed by atoms with Gasteiger partial charge < -0.3 is 5.32 Å². The van der Waals surface area contributed by atoms with E-state index >= 15 is 0 Å².